The lowest BCUT2D eigenvalue weighted by atomic mass is 9.98. The Kier molecular flexibility index (Phi) is 4.42. The maximum atomic E-state index is 12.8. The Labute approximate surface area is 152 Å². The number of hydrogen-bond donors (Lipinski definition) is 1. The van der Waals surface area contributed by atoms with E-state index in [1.165, 1.54) is 16.7 Å². The highest BCUT2D eigenvalue weighted by Crippen LogP contribution is 2.39. The SMILES string of the molecule is O=C(NCC(=O)N1CCc2sccc2[C@H]1c1cccs1)c1ccco1. The molecule has 3 aromatic heterocycles. The van der Waals surface area contributed by atoms with E-state index in [9.17, 15) is 9.59 Å². The van der Waals surface area contributed by atoms with Crippen molar-refractivity contribution in [2.24, 2.45) is 0 Å². The Balaban J connectivity index is 1.52. The van der Waals surface area contributed by atoms with Gasteiger partial charge in [0.2, 0.25) is 5.91 Å². The molecule has 0 saturated carbocycles. The predicted octanol–water partition coefficient (Wildman–Crippen LogP) is 3.31. The third-order valence-corrected chi connectivity index (χ3v) is 6.17. The molecular weight excluding hydrogens is 356 g/mol. The zero-order chi connectivity index (χ0) is 17.2. The highest BCUT2D eigenvalue weighted by atomic mass is 32.1. The molecule has 3 aromatic rings. The quantitative estimate of drug-likeness (QED) is 0.764. The molecule has 0 aliphatic carbocycles. The van der Waals surface area contributed by atoms with E-state index in [1.54, 1.807) is 34.8 Å². The van der Waals surface area contributed by atoms with Crippen molar-refractivity contribution in [3.05, 3.63) is 68.4 Å². The third kappa shape index (κ3) is 3.12. The molecule has 0 aromatic carbocycles. The summed E-state index contributed by atoms with van der Waals surface area (Å²) in [6.45, 7) is 0.617. The molecule has 1 aliphatic heterocycles. The maximum Gasteiger partial charge on any atom is 0.287 e. The zero-order valence-corrected chi connectivity index (χ0v) is 14.9. The van der Waals surface area contributed by atoms with Crippen molar-refractivity contribution in [2.75, 3.05) is 13.1 Å². The van der Waals surface area contributed by atoms with E-state index in [0.29, 0.717) is 6.54 Å². The fourth-order valence-corrected chi connectivity index (χ4v) is 4.85. The van der Waals surface area contributed by atoms with Gasteiger partial charge in [0, 0.05) is 16.3 Å². The number of carbonyl (C=O) groups excluding carboxylic acids is 2. The van der Waals surface area contributed by atoms with Crippen molar-refractivity contribution in [2.45, 2.75) is 12.5 Å². The van der Waals surface area contributed by atoms with Crippen molar-refractivity contribution in [3.63, 3.8) is 0 Å². The first kappa shape index (κ1) is 16.1. The number of thiophene rings is 2. The molecular formula is C18H16N2O3S2. The van der Waals surface area contributed by atoms with Crippen molar-refractivity contribution in [1.82, 2.24) is 10.2 Å². The van der Waals surface area contributed by atoms with Gasteiger partial charge in [-0.25, -0.2) is 0 Å². The van der Waals surface area contributed by atoms with E-state index in [-0.39, 0.29) is 30.2 Å². The van der Waals surface area contributed by atoms with Crippen molar-refractivity contribution in [1.29, 1.82) is 0 Å². The van der Waals surface area contributed by atoms with Gasteiger partial charge in [-0.2, -0.15) is 0 Å². The molecule has 0 bridgehead atoms. The summed E-state index contributed by atoms with van der Waals surface area (Å²) in [5, 5.41) is 6.75. The monoisotopic (exact) mass is 372 g/mol. The van der Waals surface area contributed by atoms with Gasteiger partial charge in [-0.05, 0) is 47.0 Å². The van der Waals surface area contributed by atoms with Crippen LogP contribution in [0.1, 0.15) is 31.9 Å². The van der Waals surface area contributed by atoms with E-state index in [1.807, 2.05) is 16.3 Å². The smallest absolute Gasteiger partial charge is 0.287 e. The summed E-state index contributed by atoms with van der Waals surface area (Å²) in [4.78, 5) is 29.1. The summed E-state index contributed by atoms with van der Waals surface area (Å²) < 4.78 is 5.06. The van der Waals surface area contributed by atoms with E-state index in [0.717, 1.165) is 11.3 Å². The van der Waals surface area contributed by atoms with Gasteiger partial charge in [0.25, 0.3) is 5.91 Å². The summed E-state index contributed by atoms with van der Waals surface area (Å²) in [7, 11) is 0. The molecule has 0 fully saturated rings. The van der Waals surface area contributed by atoms with Crippen LogP contribution in [0.5, 0.6) is 0 Å². The van der Waals surface area contributed by atoms with Gasteiger partial charge >= 0.3 is 0 Å². The van der Waals surface area contributed by atoms with Crippen LogP contribution in [0.15, 0.2) is 51.8 Å². The lowest BCUT2D eigenvalue weighted by Crippen LogP contribution is -2.45. The Bertz CT molecular complexity index is 868. The van der Waals surface area contributed by atoms with Crippen LogP contribution in [0.4, 0.5) is 0 Å². The lowest BCUT2D eigenvalue weighted by Gasteiger charge is -2.35. The number of hydrogen-bond acceptors (Lipinski definition) is 5. The highest BCUT2D eigenvalue weighted by Gasteiger charge is 2.33. The molecule has 7 heteroatoms. The first-order valence-electron chi connectivity index (χ1n) is 7.95. The average molecular weight is 372 g/mol. The molecule has 0 spiro atoms. The Morgan fingerprint density at radius 1 is 1.20 bits per heavy atom. The molecule has 0 unspecified atom stereocenters. The van der Waals surface area contributed by atoms with Gasteiger partial charge in [0.15, 0.2) is 5.76 Å². The zero-order valence-electron chi connectivity index (χ0n) is 13.3. The highest BCUT2D eigenvalue weighted by molar-refractivity contribution is 7.10. The number of nitrogens with one attached hydrogen (secondary N) is 1. The van der Waals surface area contributed by atoms with E-state index < -0.39 is 0 Å². The molecule has 0 saturated heterocycles. The molecule has 2 amide bonds. The number of furan rings is 1. The van der Waals surface area contributed by atoms with Crippen LogP contribution in [-0.4, -0.2) is 29.8 Å². The summed E-state index contributed by atoms with van der Waals surface area (Å²) in [5.41, 5.74) is 1.20. The molecule has 4 rings (SSSR count). The van der Waals surface area contributed by atoms with Crippen LogP contribution in [0, 0.1) is 0 Å². The van der Waals surface area contributed by atoms with Gasteiger partial charge < -0.3 is 14.6 Å². The van der Waals surface area contributed by atoms with Gasteiger partial charge in [-0.15, -0.1) is 22.7 Å². The summed E-state index contributed by atoms with van der Waals surface area (Å²) in [6.07, 6.45) is 2.29. The number of fused-ring (bicyclic) bond motifs is 1. The summed E-state index contributed by atoms with van der Waals surface area (Å²) >= 11 is 3.39. The van der Waals surface area contributed by atoms with Gasteiger partial charge in [-0.3, -0.25) is 9.59 Å². The third-order valence-electron chi connectivity index (χ3n) is 4.24. The fourth-order valence-electron chi connectivity index (χ4n) is 3.09. The topological polar surface area (TPSA) is 62.6 Å². The van der Waals surface area contributed by atoms with Crippen LogP contribution in [0.25, 0.3) is 0 Å². The van der Waals surface area contributed by atoms with Crippen LogP contribution >= 0.6 is 22.7 Å². The summed E-state index contributed by atoms with van der Waals surface area (Å²) in [6, 6.07) is 9.32. The number of rotatable bonds is 4. The Hall–Kier alpha value is -2.38. The standard InChI is InChI=1S/C18H16N2O3S2/c21-16(11-19-18(22)13-3-1-8-23-13)20-7-5-14-12(6-10-25-14)17(20)15-4-2-9-24-15/h1-4,6,8-10,17H,5,7,11H2,(H,19,22)/t17-/m0/s1. The lowest BCUT2D eigenvalue weighted by molar-refractivity contribution is -0.132. The van der Waals surface area contributed by atoms with Gasteiger partial charge in [0.1, 0.15) is 0 Å². The minimum atomic E-state index is -0.376. The largest absolute Gasteiger partial charge is 0.459 e. The molecule has 5 nitrogen and oxygen atoms in total. The number of nitrogens with zero attached hydrogens (tertiary/aromatic N) is 1. The number of amides is 2. The van der Waals surface area contributed by atoms with Crippen LogP contribution in [-0.2, 0) is 11.2 Å². The van der Waals surface area contributed by atoms with Crippen LogP contribution < -0.4 is 5.32 Å². The first-order valence-corrected chi connectivity index (χ1v) is 9.71. The fraction of sp³-hybridized carbons (Fsp3) is 0.222. The summed E-state index contributed by atoms with van der Waals surface area (Å²) in [5.74, 6) is -0.254. The maximum absolute atomic E-state index is 12.8. The van der Waals surface area contributed by atoms with Crippen molar-refractivity contribution in [3.8, 4) is 0 Å². The Morgan fingerprint density at radius 3 is 2.88 bits per heavy atom. The van der Waals surface area contributed by atoms with E-state index in [4.69, 9.17) is 4.42 Å². The molecule has 1 N–H and O–H groups in total. The first-order chi connectivity index (χ1) is 12.2. The molecule has 1 aliphatic rings. The van der Waals surface area contributed by atoms with E-state index in [2.05, 4.69) is 22.8 Å². The van der Waals surface area contributed by atoms with Gasteiger partial charge in [0.05, 0.1) is 18.8 Å². The molecule has 4 heterocycles. The Morgan fingerprint density at radius 2 is 2.12 bits per heavy atom. The molecule has 128 valence electrons. The predicted molar refractivity (Wildman–Crippen MR) is 96.9 cm³/mol. The minimum absolute atomic E-state index is 0.0408. The minimum Gasteiger partial charge on any atom is -0.459 e. The normalized spacial score (nSPS) is 16.5. The van der Waals surface area contributed by atoms with Gasteiger partial charge in [-0.1, -0.05) is 6.07 Å². The average Bonchev–Trinajstić information content (AvgIpc) is 3.39. The molecule has 0 radical (unpaired) electrons. The van der Waals surface area contributed by atoms with Crippen molar-refractivity contribution >= 4 is 34.5 Å². The second kappa shape index (κ2) is 6.85. The van der Waals surface area contributed by atoms with Crippen molar-refractivity contribution < 1.29 is 14.0 Å². The second-order valence-electron chi connectivity index (χ2n) is 5.71. The number of carbonyl (C=O) groups is 2. The van der Waals surface area contributed by atoms with E-state index >= 15 is 0 Å². The molecule has 25 heavy (non-hydrogen) atoms. The van der Waals surface area contributed by atoms with Crippen LogP contribution in [0.3, 0.4) is 0 Å². The second-order valence-corrected chi connectivity index (χ2v) is 7.69. The molecule has 1 atom stereocenters. The van der Waals surface area contributed by atoms with Crippen LogP contribution in [0.2, 0.25) is 0 Å².